The zero-order valence-corrected chi connectivity index (χ0v) is 20.2. The Kier molecular flexibility index (Phi) is 7.05. The van der Waals surface area contributed by atoms with Crippen molar-refractivity contribution in [2.24, 2.45) is 0 Å². The van der Waals surface area contributed by atoms with E-state index in [9.17, 15) is 22.8 Å². The van der Waals surface area contributed by atoms with Crippen LogP contribution in [0.2, 0.25) is 0 Å². The van der Waals surface area contributed by atoms with Gasteiger partial charge in [0.25, 0.3) is 0 Å². The molecule has 0 saturated heterocycles. The number of benzene rings is 1. The van der Waals surface area contributed by atoms with Crippen molar-refractivity contribution in [3.05, 3.63) is 54.2 Å². The number of aromatic nitrogens is 5. The fraction of sp³-hybridized carbons (Fsp3) is 0.250. The average Bonchev–Trinajstić information content (AvgIpc) is 3.34. The van der Waals surface area contributed by atoms with Gasteiger partial charge in [-0.25, -0.2) is 4.98 Å². The minimum absolute atomic E-state index is 0.329. The number of nitrogens with zero attached hydrogens (tertiary/aromatic N) is 6. The van der Waals surface area contributed by atoms with Gasteiger partial charge in [-0.1, -0.05) is 12.1 Å². The van der Waals surface area contributed by atoms with E-state index in [0.717, 1.165) is 26.9 Å². The van der Waals surface area contributed by atoms with E-state index in [4.69, 9.17) is 4.98 Å². The Bertz CT molecular complexity index is 1450. The third-order valence-corrected chi connectivity index (χ3v) is 5.69. The maximum absolute atomic E-state index is 12.5. The quantitative estimate of drug-likeness (QED) is 0.347. The van der Waals surface area contributed by atoms with Crippen molar-refractivity contribution in [2.75, 3.05) is 29.9 Å². The van der Waals surface area contributed by atoms with Crippen LogP contribution in [-0.4, -0.2) is 63.8 Å². The van der Waals surface area contributed by atoms with E-state index in [-0.39, 0.29) is 0 Å². The summed E-state index contributed by atoms with van der Waals surface area (Å²) in [6.07, 6.45) is 2.45. The number of carbonyl (C=O) groups is 2. The predicted molar refractivity (Wildman–Crippen MR) is 131 cm³/mol. The molecule has 13 heteroatoms. The number of carbonyl (C=O) groups excluding carboxylic acids is 2. The second-order valence-electron chi connectivity index (χ2n) is 8.31. The lowest BCUT2D eigenvalue weighted by Gasteiger charge is -2.28. The van der Waals surface area contributed by atoms with E-state index in [1.165, 1.54) is 0 Å². The summed E-state index contributed by atoms with van der Waals surface area (Å²) in [5, 5.41) is 9.55. The summed E-state index contributed by atoms with van der Waals surface area (Å²) in [5.41, 5.74) is 4.38. The number of H-pyrrole nitrogens is 1. The molecule has 2 amide bonds. The molecular weight excluding hydrogens is 489 g/mol. The van der Waals surface area contributed by atoms with Gasteiger partial charge in [0.15, 0.2) is 5.82 Å². The number of fused-ring (bicyclic) bond motifs is 1. The summed E-state index contributed by atoms with van der Waals surface area (Å²) in [5.74, 6) is -0.488. The Hall–Kier alpha value is -4.55. The van der Waals surface area contributed by atoms with Crippen LogP contribution in [0.1, 0.15) is 11.3 Å². The fourth-order valence-electron chi connectivity index (χ4n) is 3.96. The Balaban J connectivity index is 1.65. The van der Waals surface area contributed by atoms with Crippen LogP contribution in [0.5, 0.6) is 0 Å². The lowest BCUT2D eigenvalue weighted by Crippen LogP contribution is -2.41. The molecule has 1 aromatic carbocycles. The third-order valence-electron chi connectivity index (χ3n) is 5.69. The van der Waals surface area contributed by atoms with E-state index in [0.29, 0.717) is 35.0 Å². The Morgan fingerprint density at radius 1 is 1.16 bits per heavy atom. The van der Waals surface area contributed by atoms with Crippen LogP contribution in [0.3, 0.4) is 0 Å². The molecular formula is C24H23F3N8O2. The van der Waals surface area contributed by atoms with E-state index >= 15 is 0 Å². The molecule has 0 aliphatic rings. The first-order valence-electron chi connectivity index (χ1n) is 11.1. The second-order valence-corrected chi connectivity index (χ2v) is 8.31. The van der Waals surface area contributed by atoms with Gasteiger partial charge >= 0.3 is 6.18 Å². The Labute approximate surface area is 209 Å². The van der Waals surface area contributed by atoms with Crippen LogP contribution in [0.25, 0.3) is 22.2 Å². The maximum atomic E-state index is 12.5. The first-order valence-corrected chi connectivity index (χ1v) is 11.1. The topological polar surface area (TPSA) is 120 Å². The zero-order valence-electron chi connectivity index (χ0n) is 20.2. The van der Waals surface area contributed by atoms with Crippen LogP contribution in [0.15, 0.2) is 43.0 Å². The van der Waals surface area contributed by atoms with Gasteiger partial charge in [-0.15, -0.1) is 0 Å². The van der Waals surface area contributed by atoms with Crippen molar-refractivity contribution in [2.45, 2.75) is 20.0 Å². The molecule has 0 saturated carbocycles. The zero-order chi connectivity index (χ0) is 26.7. The SMILES string of the molecule is Cc1cccc(N(C=O)CC(=O)NCC(F)(F)F)c1N(C)c1cnc(-c2cncc3[nH]ncc23)c(C)n1. The van der Waals surface area contributed by atoms with Crippen LogP contribution in [0, 0.1) is 13.8 Å². The lowest BCUT2D eigenvalue weighted by atomic mass is 10.1. The molecule has 0 unspecified atom stereocenters. The average molecular weight is 512 g/mol. The largest absolute Gasteiger partial charge is 0.405 e. The number of amides is 2. The summed E-state index contributed by atoms with van der Waals surface area (Å²) >= 11 is 0. The van der Waals surface area contributed by atoms with Gasteiger partial charge in [-0.05, 0) is 25.5 Å². The van der Waals surface area contributed by atoms with Gasteiger partial charge in [-0.3, -0.25) is 24.7 Å². The molecule has 3 aromatic heterocycles. The van der Waals surface area contributed by atoms with Crippen LogP contribution in [-0.2, 0) is 9.59 Å². The Morgan fingerprint density at radius 3 is 2.65 bits per heavy atom. The first-order chi connectivity index (χ1) is 17.6. The molecule has 3 heterocycles. The van der Waals surface area contributed by atoms with Gasteiger partial charge < -0.3 is 15.1 Å². The molecule has 0 fully saturated rings. The summed E-state index contributed by atoms with van der Waals surface area (Å²) in [7, 11) is 1.72. The normalized spacial score (nSPS) is 11.4. The molecule has 0 radical (unpaired) electrons. The minimum Gasteiger partial charge on any atom is -0.345 e. The van der Waals surface area contributed by atoms with Gasteiger partial charge in [0.2, 0.25) is 12.3 Å². The molecule has 4 rings (SSSR count). The van der Waals surface area contributed by atoms with Gasteiger partial charge in [-0.2, -0.15) is 18.3 Å². The molecule has 0 aliphatic carbocycles. The number of rotatable bonds is 8. The lowest BCUT2D eigenvalue weighted by molar-refractivity contribution is -0.137. The van der Waals surface area contributed by atoms with E-state index in [2.05, 4.69) is 20.2 Å². The number of aromatic amines is 1. The van der Waals surface area contributed by atoms with Gasteiger partial charge in [0.05, 0.1) is 46.9 Å². The van der Waals surface area contributed by atoms with Crippen molar-refractivity contribution in [3.63, 3.8) is 0 Å². The number of hydrogen-bond acceptors (Lipinski definition) is 7. The van der Waals surface area contributed by atoms with Crippen molar-refractivity contribution in [3.8, 4) is 11.3 Å². The van der Waals surface area contributed by atoms with Crippen molar-refractivity contribution >= 4 is 40.4 Å². The number of aryl methyl sites for hydroxylation is 2. The summed E-state index contributed by atoms with van der Waals surface area (Å²) in [4.78, 5) is 40.2. The molecule has 0 atom stereocenters. The summed E-state index contributed by atoms with van der Waals surface area (Å²) in [6, 6.07) is 5.09. The molecule has 192 valence electrons. The van der Waals surface area contributed by atoms with Gasteiger partial charge in [0, 0.05) is 24.2 Å². The Morgan fingerprint density at radius 2 is 1.95 bits per heavy atom. The molecule has 0 bridgehead atoms. The second kappa shape index (κ2) is 10.2. The van der Waals surface area contributed by atoms with Gasteiger partial charge in [0.1, 0.15) is 13.1 Å². The van der Waals surface area contributed by atoms with Crippen molar-refractivity contribution < 1.29 is 22.8 Å². The molecule has 0 spiro atoms. The predicted octanol–water partition coefficient (Wildman–Crippen LogP) is 3.44. The third kappa shape index (κ3) is 5.50. The number of halogens is 3. The number of pyridine rings is 1. The first kappa shape index (κ1) is 25.5. The molecule has 4 aromatic rings. The highest BCUT2D eigenvalue weighted by molar-refractivity contribution is 5.94. The molecule has 2 N–H and O–H groups in total. The molecule has 10 nitrogen and oxygen atoms in total. The molecule has 0 aliphatic heterocycles. The van der Waals surface area contributed by atoms with Crippen molar-refractivity contribution in [1.29, 1.82) is 0 Å². The maximum Gasteiger partial charge on any atom is 0.405 e. The fourth-order valence-corrected chi connectivity index (χ4v) is 3.96. The smallest absolute Gasteiger partial charge is 0.345 e. The highest BCUT2D eigenvalue weighted by Crippen LogP contribution is 2.36. The highest BCUT2D eigenvalue weighted by atomic mass is 19.4. The van der Waals surface area contributed by atoms with Crippen molar-refractivity contribution in [1.82, 2.24) is 30.5 Å². The van der Waals surface area contributed by atoms with E-state index in [1.807, 2.05) is 13.0 Å². The summed E-state index contributed by atoms with van der Waals surface area (Å²) in [6.45, 7) is 1.54. The monoisotopic (exact) mass is 512 g/mol. The number of anilines is 3. The highest BCUT2D eigenvalue weighted by Gasteiger charge is 2.28. The van der Waals surface area contributed by atoms with Crippen LogP contribution >= 0.6 is 0 Å². The van der Waals surface area contributed by atoms with E-state index < -0.39 is 25.2 Å². The minimum atomic E-state index is -4.56. The standard InChI is InChI=1S/C24H23F3N8O2/c1-14-5-4-6-19(35(13-36)11-21(37)30-12-24(25,26)27)23(14)34(3)20-10-29-22(15(2)32-20)17-7-28-9-18-16(17)8-31-33-18/h4-10,13H,11-12H2,1-3H3,(H,30,37)(H,31,33). The number of alkyl halides is 3. The van der Waals surface area contributed by atoms with Crippen LogP contribution < -0.4 is 15.1 Å². The number of para-hydroxylation sites is 1. The number of nitrogens with one attached hydrogen (secondary N) is 2. The molecule has 37 heavy (non-hydrogen) atoms. The number of hydrogen-bond donors (Lipinski definition) is 2. The van der Waals surface area contributed by atoms with E-state index in [1.54, 1.807) is 61.1 Å². The summed E-state index contributed by atoms with van der Waals surface area (Å²) < 4.78 is 37.4. The van der Waals surface area contributed by atoms with Crippen LogP contribution in [0.4, 0.5) is 30.4 Å².